The van der Waals surface area contributed by atoms with Gasteiger partial charge in [0.05, 0.1) is 6.42 Å². The number of hydrogen-bond donors (Lipinski definition) is 2. The van der Waals surface area contributed by atoms with Crippen molar-refractivity contribution in [2.75, 3.05) is 0 Å². The molecular formula is C12H13ClO4. The molecule has 92 valence electrons. The van der Waals surface area contributed by atoms with Crippen LogP contribution in [-0.4, -0.2) is 21.6 Å². The molecule has 4 nitrogen and oxygen atoms in total. The molecule has 0 bridgehead atoms. The minimum absolute atomic E-state index is 0.0366. The summed E-state index contributed by atoms with van der Waals surface area (Å²) in [6.45, 7) is 3.69. The molecule has 0 aliphatic carbocycles. The number of Topliss-reactive ketones (excluding diaryl/α,β-unsaturated/α-hetero) is 1. The molecule has 1 aromatic carbocycles. The molecule has 1 heterocycles. The first-order valence-corrected chi connectivity index (χ1v) is 5.72. The summed E-state index contributed by atoms with van der Waals surface area (Å²) < 4.78 is 5.66. The molecule has 2 N–H and O–H groups in total. The van der Waals surface area contributed by atoms with Crippen LogP contribution in [0.5, 0.6) is 17.2 Å². The van der Waals surface area contributed by atoms with Crippen molar-refractivity contribution in [1.82, 2.24) is 0 Å². The lowest BCUT2D eigenvalue weighted by Crippen LogP contribution is -2.38. The molecule has 1 aliphatic heterocycles. The van der Waals surface area contributed by atoms with Crippen LogP contribution in [-0.2, 0) is 0 Å². The van der Waals surface area contributed by atoms with Gasteiger partial charge in [0, 0.05) is 6.07 Å². The van der Waals surface area contributed by atoms with Crippen molar-refractivity contribution in [2.24, 2.45) is 0 Å². The Bertz CT molecular complexity index is 498. The number of halogens is 1. The lowest BCUT2D eigenvalue weighted by atomic mass is 9.89. The molecule has 2 rings (SSSR count). The van der Waals surface area contributed by atoms with E-state index in [1.54, 1.807) is 6.92 Å². The number of fused-ring (bicyclic) bond motifs is 1. The maximum Gasteiger partial charge on any atom is 0.174 e. The number of aromatic hydroxyl groups is 2. The minimum Gasteiger partial charge on any atom is -0.507 e. The molecule has 0 aromatic heterocycles. The molecule has 1 aromatic rings. The molecule has 0 fully saturated rings. The van der Waals surface area contributed by atoms with Gasteiger partial charge in [-0.05, 0) is 13.3 Å². The predicted octanol–water partition coefficient (Wildman–Crippen LogP) is 2.89. The van der Waals surface area contributed by atoms with Crippen LogP contribution >= 0.6 is 11.6 Å². The summed E-state index contributed by atoms with van der Waals surface area (Å²) in [5.74, 6) is -0.749. The third-order valence-electron chi connectivity index (χ3n) is 3.09. The number of carbonyl (C=O) groups excluding carboxylic acids is 1. The zero-order valence-electron chi connectivity index (χ0n) is 9.58. The highest BCUT2D eigenvalue weighted by Gasteiger charge is 2.38. The van der Waals surface area contributed by atoms with Gasteiger partial charge in [0.2, 0.25) is 0 Å². The zero-order chi connectivity index (χ0) is 12.8. The second-order valence-corrected chi connectivity index (χ2v) is 4.82. The van der Waals surface area contributed by atoms with Gasteiger partial charge in [-0.3, -0.25) is 4.79 Å². The normalized spacial score (nSPS) is 23.1. The van der Waals surface area contributed by atoms with E-state index in [4.69, 9.17) is 16.3 Å². The van der Waals surface area contributed by atoms with Crippen molar-refractivity contribution >= 4 is 17.4 Å². The smallest absolute Gasteiger partial charge is 0.174 e. The molecule has 17 heavy (non-hydrogen) atoms. The predicted molar refractivity (Wildman–Crippen MR) is 63.1 cm³/mol. The molecule has 0 saturated heterocycles. The number of hydrogen-bond acceptors (Lipinski definition) is 4. The Kier molecular flexibility index (Phi) is 2.70. The molecule has 0 saturated carbocycles. The first-order chi connectivity index (χ1) is 7.88. The molecule has 1 unspecified atom stereocenters. The van der Waals surface area contributed by atoms with Gasteiger partial charge in [-0.2, -0.15) is 0 Å². The second-order valence-electron chi connectivity index (χ2n) is 4.44. The van der Waals surface area contributed by atoms with Gasteiger partial charge in [-0.25, -0.2) is 0 Å². The van der Waals surface area contributed by atoms with Crippen LogP contribution in [0.25, 0.3) is 0 Å². The Labute approximate surface area is 104 Å². The van der Waals surface area contributed by atoms with E-state index in [-0.39, 0.29) is 40.0 Å². The van der Waals surface area contributed by atoms with Crippen LogP contribution in [0.2, 0.25) is 5.02 Å². The number of ether oxygens (including phenoxy) is 1. The Morgan fingerprint density at radius 2 is 2.12 bits per heavy atom. The summed E-state index contributed by atoms with van der Waals surface area (Å²) in [7, 11) is 0. The van der Waals surface area contributed by atoms with Gasteiger partial charge in [0.15, 0.2) is 11.5 Å². The van der Waals surface area contributed by atoms with Crippen LogP contribution in [0.4, 0.5) is 0 Å². The van der Waals surface area contributed by atoms with Crippen LogP contribution < -0.4 is 4.74 Å². The van der Waals surface area contributed by atoms with E-state index < -0.39 is 5.60 Å². The average Bonchev–Trinajstić information content (AvgIpc) is 2.25. The summed E-state index contributed by atoms with van der Waals surface area (Å²) in [6.07, 6.45) is 0.816. The highest BCUT2D eigenvalue weighted by Crippen LogP contribution is 2.47. The fraction of sp³-hybridized carbons (Fsp3) is 0.417. The summed E-state index contributed by atoms with van der Waals surface area (Å²) in [5.41, 5.74) is -0.591. The maximum absolute atomic E-state index is 12.0. The number of phenols is 2. The summed E-state index contributed by atoms with van der Waals surface area (Å²) in [6, 6.07) is 1.05. The monoisotopic (exact) mass is 256 g/mol. The molecule has 0 spiro atoms. The Morgan fingerprint density at radius 3 is 2.71 bits per heavy atom. The van der Waals surface area contributed by atoms with E-state index in [1.165, 1.54) is 0 Å². The number of ketones is 1. The van der Waals surface area contributed by atoms with Gasteiger partial charge < -0.3 is 14.9 Å². The molecule has 5 heteroatoms. The molecular weight excluding hydrogens is 244 g/mol. The van der Waals surface area contributed by atoms with Gasteiger partial charge >= 0.3 is 0 Å². The summed E-state index contributed by atoms with van der Waals surface area (Å²) in [5, 5.41) is 19.1. The van der Waals surface area contributed by atoms with Gasteiger partial charge in [-0.15, -0.1) is 0 Å². The Hall–Kier alpha value is -1.42. The summed E-state index contributed by atoms with van der Waals surface area (Å²) >= 11 is 5.89. The van der Waals surface area contributed by atoms with Crippen LogP contribution in [0.1, 0.15) is 37.0 Å². The number of rotatable bonds is 1. The van der Waals surface area contributed by atoms with Gasteiger partial charge in [-0.1, -0.05) is 18.5 Å². The van der Waals surface area contributed by atoms with Crippen molar-refractivity contribution in [3.05, 3.63) is 16.7 Å². The van der Waals surface area contributed by atoms with Gasteiger partial charge in [0.25, 0.3) is 0 Å². The van der Waals surface area contributed by atoms with E-state index in [9.17, 15) is 15.0 Å². The molecule has 0 amide bonds. The van der Waals surface area contributed by atoms with Gasteiger partial charge in [0.1, 0.15) is 27.7 Å². The quantitative estimate of drug-likeness (QED) is 0.811. The number of carbonyl (C=O) groups is 1. The lowest BCUT2D eigenvalue weighted by Gasteiger charge is -2.34. The SMILES string of the molecule is CCC1(C)CC(=O)c2c(O)cc(O)c(Cl)c2O1. The van der Waals surface area contributed by atoms with E-state index >= 15 is 0 Å². The average molecular weight is 257 g/mol. The van der Waals surface area contributed by atoms with Crippen LogP contribution in [0.3, 0.4) is 0 Å². The molecule has 1 aliphatic rings. The minimum atomic E-state index is -0.645. The fourth-order valence-corrected chi connectivity index (χ4v) is 2.07. The fourth-order valence-electron chi connectivity index (χ4n) is 1.88. The Balaban J connectivity index is 2.65. The highest BCUT2D eigenvalue weighted by atomic mass is 35.5. The molecule has 1 atom stereocenters. The van der Waals surface area contributed by atoms with E-state index in [1.807, 2.05) is 6.92 Å². The van der Waals surface area contributed by atoms with Crippen molar-refractivity contribution in [2.45, 2.75) is 32.3 Å². The highest BCUT2D eigenvalue weighted by molar-refractivity contribution is 6.34. The summed E-state index contributed by atoms with van der Waals surface area (Å²) in [4.78, 5) is 12.0. The van der Waals surface area contributed by atoms with Crippen LogP contribution in [0.15, 0.2) is 6.07 Å². The number of benzene rings is 1. The second kappa shape index (κ2) is 3.81. The Morgan fingerprint density at radius 1 is 1.47 bits per heavy atom. The van der Waals surface area contributed by atoms with E-state index in [2.05, 4.69) is 0 Å². The topological polar surface area (TPSA) is 66.8 Å². The standard InChI is InChI=1S/C12H13ClO4/c1-3-12(2)5-8(16)9-6(14)4-7(15)10(13)11(9)17-12/h4,14-15H,3,5H2,1-2H3. The van der Waals surface area contributed by atoms with Crippen LogP contribution in [0, 0.1) is 0 Å². The third-order valence-corrected chi connectivity index (χ3v) is 3.46. The first kappa shape index (κ1) is 12.0. The van der Waals surface area contributed by atoms with Crippen molar-refractivity contribution in [1.29, 1.82) is 0 Å². The first-order valence-electron chi connectivity index (χ1n) is 5.34. The number of phenolic OH excluding ortho intramolecular Hbond substituents is 2. The van der Waals surface area contributed by atoms with E-state index in [0.29, 0.717) is 6.42 Å². The van der Waals surface area contributed by atoms with Crippen molar-refractivity contribution < 1.29 is 19.7 Å². The van der Waals surface area contributed by atoms with E-state index in [0.717, 1.165) is 6.07 Å². The van der Waals surface area contributed by atoms with Crippen molar-refractivity contribution in [3.8, 4) is 17.2 Å². The molecule has 0 radical (unpaired) electrons. The lowest BCUT2D eigenvalue weighted by molar-refractivity contribution is 0.0493. The maximum atomic E-state index is 12.0. The third kappa shape index (κ3) is 1.82. The zero-order valence-corrected chi connectivity index (χ0v) is 10.3. The largest absolute Gasteiger partial charge is 0.507 e. The van der Waals surface area contributed by atoms with Crippen molar-refractivity contribution in [3.63, 3.8) is 0 Å².